The van der Waals surface area contributed by atoms with E-state index in [2.05, 4.69) is 0 Å². The third-order valence-corrected chi connectivity index (χ3v) is 1.14. The van der Waals surface area contributed by atoms with E-state index in [-0.39, 0.29) is 6.04 Å². The second-order valence-corrected chi connectivity index (χ2v) is 2.31. The maximum atomic E-state index is 5.54. The Bertz CT molecular complexity index is 155. The Balaban J connectivity index is 2.48. The van der Waals surface area contributed by atoms with Gasteiger partial charge in [-0.15, -0.1) is 0 Å². The van der Waals surface area contributed by atoms with Gasteiger partial charge in [-0.1, -0.05) is 0 Å². The second-order valence-electron chi connectivity index (χ2n) is 2.31. The molecule has 1 aromatic heterocycles. The highest BCUT2D eigenvalue weighted by Gasteiger charge is 1.96. The minimum Gasteiger partial charge on any atom is -0.472 e. The van der Waals surface area contributed by atoms with Gasteiger partial charge in [-0.25, -0.2) is 0 Å². The molecule has 0 saturated carbocycles. The molecule has 2 heteroatoms. The lowest BCUT2D eigenvalue weighted by atomic mass is 10.1. The molecule has 1 atom stereocenters. The minimum atomic E-state index is 0.225. The molecule has 0 saturated heterocycles. The molecule has 1 heterocycles. The molecule has 9 heavy (non-hydrogen) atoms. The van der Waals surface area contributed by atoms with Crippen LogP contribution in [-0.2, 0) is 6.42 Å². The highest BCUT2D eigenvalue weighted by Crippen LogP contribution is 2.01. The van der Waals surface area contributed by atoms with Crippen LogP contribution in [0, 0.1) is 0 Å². The molecule has 2 nitrogen and oxygen atoms in total. The molecule has 0 unspecified atom stereocenters. The standard InChI is InChI=1S/C7H11NO/c1-6(8)4-7-2-3-9-5-7/h2-3,5-6H,4,8H2,1H3/t6-/m1/s1. The summed E-state index contributed by atoms with van der Waals surface area (Å²) in [5.41, 5.74) is 6.71. The van der Waals surface area contributed by atoms with E-state index in [1.807, 2.05) is 13.0 Å². The van der Waals surface area contributed by atoms with E-state index in [0.29, 0.717) is 0 Å². The summed E-state index contributed by atoms with van der Waals surface area (Å²) >= 11 is 0. The Morgan fingerprint density at radius 2 is 2.56 bits per heavy atom. The van der Waals surface area contributed by atoms with Crippen LogP contribution in [0.5, 0.6) is 0 Å². The molecule has 1 aromatic rings. The molecule has 0 aromatic carbocycles. The first kappa shape index (κ1) is 6.36. The third kappa shape index (κ3) is 1.90. The topological polar surface area (TPSA) is 39.2 Å². The minimum absolute atomic E-state index is 0.225. The van der Waals surface area contributed by atoms with Crippen LogP contribution in [0.1, 0.15) is 12.5 Å². The van der Waals surface area contributed by atoms with Crippen LogP contribution in [0.4, 0.5) is 0 Å². The van der Waals surface area contributed by atoms with E-state index < -0.39 is 0 Å². The molecule has 2 N–H and O–H groups in total. The van der Waals surface area contributed by atoms with E-state index in [1.54, 1.807) is 12.5 Å². The third-order valence-electron chi connectivity index (χ3n) is 1.14. The van der Waals surface area contributed by atoms with Gasteiger partial charge in [0.05, 0.1) is 12.5 Å². The molecular formula is C7H11NO. The largest absolute Gasteiger partial charge is 0.472 e. The fraction of sp³-hybridized carbons (Fsp3) is 0.429. The lowest BCUT2D eigenvalue weighted by Crippen LogP contribution is -2.17. The molecule has 0 fully saturated rings. The van der Waals surface area contributed by atoms with Crippen molar-refractivity contribution in [3.63, 3.8) is 0 Å². The van der Waals surface area contributed by atoms with Gasteiger partial charge in [-0.2, -0.15) is 0 Å². The average molecular weight is 125 g/mol. The fourth-order valence-corrected chi connectivity index (χ4v) is 0.781. The number of nitrogens with two attached hydrogens (primary N) is 1. The molecule has 0 spiro atoms. The van der Waals surface area contributed by atoms with Crippen LogP contribution in [-0.4, -0.2) is 6.04 Å². The van der Waals surface area contributed by atoms with Gasteiger partial charge in [-0.05, 0) is 25.0 Å². The van der Waals surface area contributed by atoms with Crippen molar-refractivity contribution < 1.29 is 4.42 Å². The normalized spacial score (nSPS) is 13.6. The Hall–Kier alpha value is -0.760. The van der Waals surface area contributed by atoms with Gasteiger partial charge in [0, 0.05) is 6.04 Å². The molecular weight excluding hydrogens is 114 g/mol. The SMILES string of the molecule is C[C@@H](N)Cc1ccoc1. The van der Waals surface area contributed by atoms with Gasteiger partial charge < -0.3 is 10.2 Å². The lowest BCUT2D eigenvalue weighted by Gasteiger charge is -1.98. The van der Waals surface area contributed by atoms with Gasteiger partial charge in [0.15, 0.2) is 0 Å². The predicted octanol–water partition coefficient (Wildman–Crippen LogP) is 1.17. The highest BCUT2D eigenvalue weighted by atomic mass is 16.3. The number of hydrogen-bond donors (Lipinski definition) is 1. The maximum Gasteiger partial charge on any atom is 0.0935 e. The fourth-order valence-electron chi connectivity index (χ4n) is 0.781. The number of furan rings is 1. The van der Waals surface area contributed by atoms with E-state index >= 15 is 0 Å². The summed E-state index contributed by atoms with van der Waals surface area (Å²) in [4.78, 5) is 0. The predicted molar refractivity (Wildman–Crippen MR) is 36.1 cm³/mol. The molecule has 0 aliphatic heterocycles. The zero-order chi connectivity index (χ0) is 6.69. The summed E-state index contributed by atoms with van der Waals surface area (Å²) < 4.78 is 4.86. The molecule has 50 valence electrons. The van der Waals surface area contributed by atoms with Crippen LogP contribution < -0.4 is 5.73 Å². The van der Waals surface area contributed by atoms with Gasteiger partial charge in [0.2, 0.25) is 0 Å². The quantitative estimate of drug-likeness (QED) is 0.644. The first-order chi connectivity index (χ1) is 4.29. The van der Waals surface area contributed by atoms with Crippen molar-refractivity contribution in [2.24, 2.45) is 5.73 Å². The summed E-state index contributed by atoms with van der Waals surface area (Å²) in [6.07, 6.45) is 4.29. The molecule has 1 rings (SSSR count). The number of hydrogen-bond acceptors (Lipinski definition) is 2. The summed E-state index contributed by atoms with van der Waals surface area (Å²) in [5.74, 6) is 0. The first-order valence-electron chi connectivity index (χ1n) is 3.05. The van der Waals surface area contributed by atoms with Crippen molar-refractivity contribution in [2.75, 3.05) is 0 Å². The van der Waals surface area contributed by atoms with Crippen molar-refractivity contribution in [1.82, 2.24) is 0 Å². The Morgan fingerprint density at radius 3 is 3.00 bits per heavy atom. The van der Waals surface area contributed by atoms with E-state index in [9.17, 15) is 0 Å². The smallest absolute Gasteiger partial charge is 0.0935 e. The Morgan fingerprint density at radius 1 is 1.78 bits per heavy atom. The van der Waals surface area contributed by atoms with Crippen molar-refractivity contribution >= 4 is 0 Å². The molecule has 0 bridgehead atoms. The summed E-state index contributed by atoms with van der Waals surface area (Å²) in [6, 6.07) is 2.16. The van der Waals surface area contributed by atoms with Gasteiger partial charge >= 0.3 is 0 Å². The zero-order valence-electron chi connectivity index (χ0n) is 5.50. The van der Waals surface area contributed by atoms with Gasteiger partial charge in [0.25, 0.3) is 0 Å². The van der Waals surface area contributed by atoms with E-state index in [1.165, 1.54) is 5.56 Å². The van der Waals surface area contributed by atoms with Gasteiger partial charge in [-0.3, -0.25) is 0 Å². The second kappa shape index (κ2) is 2.69. The molecule has 0 aliphatic carbocycles. The van der Waals surface area contributed by atoms with Crippen LogP contribution in [0.15, 0.2) is 23.0 Å². The Kier molecular flexibility index (Phi) is 1.90. The monoisotopic (exact) mass is 125 g/mol. The summed E-state index contributed by atoms with van der Waals surface area (Å²) in [6.45, 7) is 1.98. The van der Waals surface area contributed by atoms with Crippen molar-refractivity contribution in [3.05, 3.63) is 24.2 Å². The Labute approximate surface area is 54.7 Å². The maximum absolute atomic E-state index is 5.54. The lowest BCUT2D eigenvalue weighted by molar-refractivity contribution is 0.561. The van der Waals surface area contributed by atoms with Crippen molar-refractivity contribution in [1.29, 1.82) is 0 Å². The van der Waals surface area contributed by atoms with Crippen LogP contribution in [0.25, 0.3) is 0 Å². The summed E-state index contributed by atoms with van der Waals surface area (Å²) in [5, 5.41) is 0. The molecule has 0 radical (unpaired) electrons. The van der Waals surface area contributed by atoms with Crippen LogP contribution >= 0.6 is 0 Å². The zero-order valence-corrected chi connectivity index (χ0v) is 5.50. The first-order valence-corrected chi connectivity index (χ1v) is 3.05. The van der Waals surface area contributed by atoms with E-state index in [0.717, 1.165) is 6.42 Å². The van der Waals surface area contributed by atoms with Crippen LogP contribution in [0.3, 0.4) is 0 Å². The molecule has 0 aliphatic rings. The average Bonchev–Trinajstić information content (AvgIpc) is 2.15. The van der Waals surface area contributed by atoms with Crippen molar-refractivity contribution in [3.8, 4) is 0 Å². The van der Waals surface area contributed by atoms with Crippen molar-refractivity contribution in [2.45, 2.75) is 19.4 Å². The van der Waals surface area contributed by atoms with E-state index in [4.69, 9.17) is 10.2 Å². The van der Waals surface area contributed by atoms with Crippen LogP contribution in [0.2, 0.25) is 0 Å². The number of rotatable bonds is 2. The molecule has 0 amide bonds. The highest BCUT2D eigenvalue weighted by molar-refractivity contribution is 5.06. The van der Waals surface area contributed by atoms with Gasteiger partial charge in [0.1, 0.15) is 0 Å². The summed E-state index contributed by atoms with van der Waals surface area (Å²) in [7, 11) is 0.